The summed E-state index contributed by atoms with van der Waals surface area (Å²) >= 11 is 6.15. The van der Waals surface area contributed by atoms with Gasteiger partial charge in [-0.25, -0.2) is 0 Å². The SMILES string of the molecule is Cl.Nc1ccccc1CCC(=O)NC1CCOc2c(Cl)cccc21. The minimum Gasteiger partial charge on any atom is -0.492 e. The summed E-state index contributed by atoms with van der Waals surface area (Å²) in [4.78, 5) is 12.3. The third kappa shape index (κ3) is 4.13. The van der Waals surface area contributed by atoms with E-state index >= 15 is 0 Å². The Bertz CT molecular complexity index is 722. The van der Waals surface area contributed by atoms with E-state index in [-0.39, 0.29) is 24.4 Å². The summed E-state index contributed by atoms with van der Waals surface area (Å²) in [5.41, 5.74) is 8.57. The number of nitrogens with one attached hydrogen (secondary N) is 1. The molecule has 0 aliphatic carbocycles. The zero-order valence-corrected chi connectivity index (χ0v) is 14.7. The van der Waals surface area contributed by atoms with E-state index in [1.54, 1.807) is 6.07 Å². The molecule has 0 aromatic heterocycles. The normalized spacial score (nSPS) is 15.6. The van der Waals surface area contributed by atoms with Crippen LogP contribution in [0.4, 0.5) is 5.69 Å². The number of aryl methyl sites for hydroxylation is 1. The molecule has 3 rings (SSSR count). The molecule has 4 nitrogen and oxygen atoms in total. The van der Waals surface area contributed by atoms with Crippen molar-refractivity contribution in [2.24, 2.45) is 0 Å². The number of amides is 1. The maximum absolute atomic E-state index is 12.3. The third-order valence-corrected chi connectivity index (χ3v) is 4.34. The summed E-state index contributed by atoms with van der Waals surface area (Å²) in [6, 6.07) is 13.2. The number of nitrogens with two attached hydrogens (primary N) is 1. The number of ether oxygens (including phenoxy) is 1. The van der Waals surface area contributed by atoms with E-state index in [0.717, 1.165) is 23.2 Å². The van der Waals surface area contributed by atoms with Gasteiger partial charge in [0.05, 0.1) is 17.7 Å². The second-order valence-electron chi connectivity index (χ2n) is 5.61. The van der Waals surface area contributed by atoms with Crippen molar-refractivity contribution in [3.63, 3.8) is 0 Å². The number of hydrogen-bond acceptors (Lipinski definition) is 3. The number of halogens is 2. The Morgan fingerprint density at radius 3 is 2.83 bits per heavy atom. The summed E-state index contributed by atoms with van der Waals surface area (Å²) in [7, 11) is 0. The van der Waals surface area contributed by atoms with Crippen molar-refractivity contribution < 1.29 is 9.53 Å². The molecule has 0 saturated heterocycles. The van der Waals surface area contributed by atoms with Crippen LogP contribution in [0.15, 0.2) is 42.5 Å². The summed E-state index contributed by atoms with van der Waals surface area (Å²) in [5.74, 6) is 0.684. The lowest BCUT2D eigenvalue weighted by Crippen LogP contribution is -2.32. The number of nitrogen functional groups attached to an aromatic ring is 1. The van der Waals surface area contributed by atoms with Crippen LogP contribution >= 0.6 is 24.0 Å². The number of rotatable bonds is 4. The third-order valence-electron chi connectivity index (χ3n) is 4.04. The molecular weight excluding hydrogens is 347 g/mol. The van der Waals surface area contributed by atoms with Gasteiger partial charge in [0.2, 0.25) is 5.91 Å². The second kappa shape index (κ2) is 8.27. The van der Waals surface area contributed by atoms with Gasteiger partial charge in [0.15, 0.2) is 0 Å². The molecule has 3 N–H and O–H groups in total. The molecule has 1 aliphatic heterocycles. The molecule has 1 heterocycles. The first-order valence-corrected chi connectivity index (χ1v) is 8.07. The van der Waals surface area contributed by atoms with Crippen LogP contribution < -0.4 is 15.8 Å². The summed E-state index contributed by atoms with van der Waals surface area (Å²) in [6.45, 7) is 0.549. The van der Waals surface area contributed by atoms with Crippen LogP contribution in [-0.4, -0.2) is 12.5 Å². The first-order chi connectivity index (χ1) is 11.1. The fourth-order valence-electron chi connectivity index (χ4n) is 2.81. The zero-order valence-electron chi connectivity index (χ0n) is 13.1. The topological polar surface area (TPSA) is 64.4 Å². The van der Waals surface area contributed by atoms with Crippen LogP contribution in [0.2, 0.25) is 5.02 Å². The summed E-state index contributed by atoms with van der Waals surface area (Å²) in [5, 5.41) is 3.66. The van der Waals surface area contributed by atoms with E-state index in [1.165, 1.54) is 0 Å². The number of carbonyl (C=O) groups excluding carboxylic acids is 1. The molecule has 1 unspecified atom stereocenters. The van der Waals surface area contributed by atoms with Gasteiger partial charge >= 0.3 is 0 Å². The van der Waals surface area contributed by atoms with Crippen LogP contribution in [0.25, 0.3) is 0 Å². The van der Waals surface area contributed by atoms with Gasteiger partial charge in [-0.05, 0) is 24.1 Å². The molecule has 0 spiro atoms. The van der Waals surface area contributed by atoms with E-state index in [9.17, 15) is 4.79 Å². The quantitative estimate of drug-likeness (QED) is 0.806. The highest BCUT2D eigenvalue weighted by Gasteiger charge is 2.24. The number of anilines is 1. The van der Waals surface area contributed by atoms with Gasteiger partial charge in [0, 0.05) is 24.1 Å². The molecule has 0 bridgehead atoms. The monoisotopic (exact) mass is 366 g/mol. The number of hydrogen-bond donors (Lipinski definition) is 2. The molecule has 2 aromatic carbocycles. The molecule has 2 aromatic rings. The Hall–Kier alpha value is -1.91. The maximum Gasteiger partial charge on any atom is 0.220 e. The molecule has 1 amide bonds. The molecule has 1 aliphatic rings. The van der Waals surface area contributed by atoms with Gasteiger partial charge in [-0.15, -0.1) is 12.4 Å². The molecule has 128 valence electrons. The van der Waals surface area contributed by atoms with Crippen LogP contribution in [0.3, 0.4) is 0 Å². The molecule has 6 heteroatoms. The molecule has 1 atom stereocenters. The molecule has 0 saturated carbocycles. The van der Waals surface area contributed by atoms with Gasteiger partial charge in [-0.1, -0.05) is 41.9 Å². The summed E-state index contributed by atoms with van der Waals surface area (Å²) < 4.78 is 5.61. The van der Waals surface area contributed by atoms with Gasteiger partial charge < -0.3 is 15.8 Å². The maximum atomic E-state index is 12.3. The minimum absolute atomic E-state index is 0. The van der Waals surface area contributed by atoms with Crippen molar-refractivity contribution in [3.05, 3.63) is 58.6 Å². The van der Waals surface area contributed by atoms with Crippen LogP contribution in [0.1, 0.15) is 30.0 Å². The fraction of sp³-hybridized carbons (Fsp3) is 0.278. The standard InChI is InChI=1S/C18H19ClN2O2.ClH/c19-14-6-3-5-13-16(10-11-23-18(13)14)21-17(22)9-8-12-4-1-2-7-15(12)20;/h1-7,16H,8-11,20H2,(H,21,22);1H. The van der Waals surface area contributed by atoms with Gasteiger partial charge in [0.25, 0.3) is 0 Å². The molecule has 0 radical (unpaired) electrons. The largest absolute Gasteiger partial charge is 0.492 e. The van der Waals surface area contributed by atoms with Crippen molar-refractivity contribution in [3.8, 4) is 5.75 Å². The van der Waals surface area contributed by atoms with E-state index in [0.29, 0.717) is 30.2 Å². The second-order valence-corrected chi connectivity index (χ2v) is 6.02. The highest BCUT2D eigenvalue weighted by Crippen LogP contribution is 2.37. The van der Waals surface area contributed by atoms with Crippen LogP contribution in [0.5, 0.6) is 5.75 Å². The van der Waals surface area contributed by atoms with E-state index in [1.807, 2.05) is 36.4 Å². The van der Waals surface area contributed by atoms with Gasteiger partial charge in [-0.2, -0.15) is 0 Å². The Labute approximate surface area is 152 Å². The smallest absolute Gasteiger partial charge is 0.220 e. The minimum atomic E-state index is -0.0573. The van der Waals surface area contributed by atoms with Gasteiger partial charge in [-0.3, -0.25) is 4.79 Å². The lowest BCUT2D eigenvalue weighted by molar-refractivity contribution is -0.122. The van der Waals surface area contributed by atoms with E-state index in [2.05, 4.69) is 5.32 Å². The zero-order chi connectivity index (χ0) is 16.2. The lowest BCUT2D eigenvalue weighted by Gasteiger charge is -2.27. The average Bonchev–Trinajstić information content (AvgIpc) is 2.55. The number of carbonyl (C=O) groups is 1. The Morgan fingerprint density at radius 1 is 1.25 bits per heavy atom. The summed E-state index contributed by atoms with van der Waals surface area (Å²) in [6.07, 6.45) is 1.78. The van der Waals surface area contributed by atoms with Crippen molar-refractivity contribution in [2.45, 2.75) is 25.3 Å². The highest BCUT2D eigenvalue weighted by molar-refractivity contribution is 6.32. The van der Waals surface area contributed by atoms with E-state index < -0.39 is 0 Å². The number of benzene rings is 2. The Balaban J connectivity index is 0.00000208. The lowest BCUT2D eigenvalue weighted by atomic mass is 10.00. The van der Waals surface area contributed by atoms with Crippen molar-refractivity contribution >= 4 is 35.6 Å². The Kier molecular flexibility index (Phi) is 6.35. The highest BCUT2D eigenvalue weighted by atomic mass is 35.5. The average molecular weight is 367 g/mol. The predicted octanol–water partition coefficient (Wildman–Crippen LogP) is 3.92. The van der Waals surface area contributed by atoms with Crippen LogP contribution in [0, 0.1) is 0 Å². The Morgan fingerprint density at radius 2 is 2.04 bits per heavy atom. The number of fused-ring (bicyclic) bond motifs is 1. The van der Waals surface area contributed by atoms with Crippen LogP contribution in [-0.2, 0) is 11.2 Å². The van der Waals surface area contributed by atoms with Gasteiger partial charge in [0.1, 0.15) is 5.75 Å². The van der Waals surface area contributed by atoms with Crippen molar-refractivity contribution in [1.82, 2.24) is 5.32 Å². The predicted molar refractivity (Wildman–Crippen MR) is 98.9 cm³/mol. The molecule has 24 heavy (non-hydrogen) atoms. The molecule has 0 fully saturated rings. The van der Waals surface area contributed by atoms with E-state index in [4.69, 9.17) is 22.1 Å². The van der Waals surface area contributed by atoms with Crippen molar-refractivity contribution in [2.75, 3.05) is 12.3 Å². The first-order valence-electron chi connectivity index (χ1n) is 7.69. The fourth-order valence-corrected chi connectivity index (χ4v) is 3.05. The molecular formula is C18H20Cl2N2O2. The first kappa shape index (κ1) is 18.4. The number of para-hydroxylation sites is 2. The van der Waals surface area contributed by atoms with Crippen molar-refractivity contribution in [1.29, 1.82) is 0 Å².